The molecule has 10 nitrogen and oxygen atoms in total. The molecule has 4 aromatic rings. The molecule has 0 saturated heterocycles. The van der Waals surface area contributed by atoms with Crippen LogP contribution in [0.4, 0.5) is 8.78 Å². The van der Waals surface area contributed by atoms with Crippen LogP contribution in [-0.4, -0.2) is 48.9 Å². The summed E-state index contributed by atoms with van der Waals surface area (Å²) in [6.45, 7) is 5.17. The summed E-state index contributed by atoms with van der Waals surface area (Å²) in [5.41, 5.74) is 7.77. The minimum Gasteiger partial charge on any atom is -0.463 e. The van der Waals surface area contributed by atoms with Crippen LogP contribution in [0.1, 0.15) is 77.1 Å². The Balaban J connectivity index is 1.38. The molecule has 2 atom stereocenters. The first kappa shape index (κ1) is 33.3. The Bertz CT molecular complexity index is 1850. The van der Waals surface area contributed by atoms with Crippen LogP contribution < -0.4 is 5.73 Å². The summed E-state index contributed by atoms with van der Waals surface area (Å²) in [7, 11) is 0. The van der Waals surface area contributed by atoms with Crippen molar-refractivity contribution in [2.75, 3.05) is 6.61 Å². The Labute approximate surface area is 282 Å². The van der Waals surface area contributed by atoms with Crippen molar-refractivity contribution >= 4 is 29.4 Å². The van der Waals surface area contributed by atoms with Gasteiger partial charge in [-0.15, -0.1) is 0 Å². The molecular formula is C35H38ClF2N7O3. The monoisotopic (exact) mass is 677 g/mol. The molecule has 2 N–H and O–H groups in total. The third-order valence-corrected chi connectivity index (χ3v) is 9.22. The second kappa shape index (κ2) is 12.5. The van der Waals surface area contributed by atoms with Gasteiger partial charge in [0.05, 0.1) is 29.4 Å². The van der Waals surface area contributed by atoms with E-state index in [2.05, 4.69) is 10.2 Å². The van der Waals surface area contributed by atoms with Gasteiger partial charge < -0.3 is 10.5 Å². The highest BCUT2D eigenvalue weighted by molar-refractivity contribution is 6.32. The van der Waals surface area contributed by atoms with Gasteiger partial charge in [0.25, 0.3) is 5.91 Å². The number of nitrogens with zero attached hydrogens (tertiary/aromatic N) is 6. The topological polar surface area (TPSA) is 121 Å². The summed E-state index contributed by atoms with van der Waals surface area (Å²) < 4.78 is 34.4. The molecule has 0 radical (unpaired) electrons. The van der Waals surface area contributed by atoms with Crippen molar-refractivity contribution in [1.82, 2.24) is 24.5 Å². The van der Waals surface area contributed by atoms with Crippen LogP contribution in [0.2, 0.25) is 5.02 Å². The molecule has 1 amide bonds. The zero-order chi connectivity index (χ0) is 34.4. The summed E-state index contributed by atoms with van der Waals surface area (Å²) in [5, 5.41) is 8.49. The number of hydrogen-bond donors (Lipinski definition) is 1. The molecule has 252 valence electrons. The van der Waals surface area contributed by atoms with Crippen LogP contribution in [0, 0.1) is 10.8 Å². The molecule has 2 aromatic heterocycles. The SMILES string of the molecule is CC(C)(C)C[C@]1(c2ccc(-c3cnn(C(F)F)c3)cc2)N=C(N)N([C@H](COC(=O)CC2(C)CC2)c2ccc(Cl)c(-n3cccn3)c2)C1=O. The van der Waals surface area contributed by atoms with E-state index >= 15 is 0 Å². The van der Waals surface area contributed by atoms with E-state index in [1.807, 2.05) is 27.7 Å². The first-order valence-electron chi connectivity index (χ1n) is 15.8. The lowest BCUT2D eigenvalue weighted by molar-refractivity contribution is -0.148. The Morgan fingerprint density at radius 1 is 1.10 bits per heavy atom. The number of carbonyl (C=O) groups excluding carboxylic acids is 2. The van der Waals surface area contributed by atoms with Gasteiger partial charge in [-0.2, -0.15) is 19.0 Å². The van der Waals surface area contributed by atoms with Gasteiger partial charge in [-0.05, 0) is 65.0 Å². The second-order valence-electron chi connectivity index (χ2n) is 14.2. The van der Waals surface area contributed by atoms with Crippen molar-refractivity contribution in [3.63, 3.8) is 0 Å². The quantitative estimate of drug-likeness (QED) is 0.170. The number of aliphatic imine (C=N–C) groups is 1. The fourth-order valence-corrected chi connectivity index (χ4v) is 6.42. The van der Waals surface area contributed by atoms with E-state index in [1.54, 1.807) is 65.6 Å². The van der Waals surface area contributed by atoms with Crippen molar-refractivity contribution in [3.8, 4) is 16.8 Å². The van der Waals surface area contributed by atoms with Crippen LogP contribution >= 0.6 is 11.6 Å². The molecule has 2 aromatic carbocycles. The first-order chi connectivity index (χ1) is 22.7. The molecule has 1 saturated carbocycles. The lowest BCUT2D eigenvalue weighted by atomic mass is 9.75. The number of aromatic nitrogens is 4. The zero-order valence-corrected chi connectivity index (χ0v) is 28.0. The minimum absolute atomic E-state index is 0.0164. The summed E-state index contributed by atoms with van der Waals surface area (Å²) in [4.78, 5) is 34.1. The molecule has 0 unspecified atom stereocenters. The third-order valence-electron chi connectivity index (χ3n) is 8.90. The largest absolute Gasteiger partial charge is 0.463 e. The van der Waals surface area contributed by atoms with E-state index in [0.29, 0.717) is 44.1 Å². The molecule has 1 fully saturated rings. The smallest absolute Gasteiger partial charge is 0.333 e. The van der Waals surface area contributed by atoms with Crippen molar-refractivity contribution in [2.24, 2.45) is 21.6 Å². The molecule has 2 aliphatic rings. The van der Waals surface area contributed by atoms with Gasteiger partial charge in [0.1, 0.15) is 6.61 Å². The number of esters is 1. The minimum atomic E-state index is -2.76. The van der Waals surface area contributed by atoms with Crippen molar-refractivity contribution in [1.29, 1.82) is 0 Å². The highest BCUT2D eigenvalue weighted by Gasteiger charge is 2.53. The lowest BCUT2D eigenvalue weighted by Crippen LogP contribution is -2.47. The van der Waals surface area contributed by atoms with E-state index in [-0.39, 0.29) is 41.7 Å². The lowest BCUT2D eigenvalue weighted by Gasteiger charge is -2.35. The first-order valence-corrected chi connectivity index (χ1v) is 16.1. The van der Waals surface area contributed by atoms with Crippen molar-refractivity contribution in [3.05, 3.63) is 89.5 Å². The van der Waals surface area contributed by atoms with Gasteiger partial charge in [0.15, 0.2) is 11.5 Å². The van der Waals surface area contributed by atoms with Gasteiger partial charge >= 0.3 is 12.5 Å². The van der Waals surface area contributed by atoms with E-state index in [4.69, 9.17) is 27.1 Å². The van der Waals surface area contributed by atoms with Crippen LogP contribution in [-0.2, 0) is 19.9 Å². The second-order valence-corrected chi connectivity index (χ2v) is 14.6. The zero-order valence-electron chi connectivity index (χ0n) is 27.2. The average Bonchev–Trinajstić information content (AvgIpc) is 3.42. The standard InChI is InChI=1S/C35H38ClF2N7O3/c1-33(2,3)21-35(25-9-6-22(7-10-25)24-18-41-44(19-24)31(37)38)30(47)45(32(39)42-35)28(20-48-29(46)17-34(4)12-13-34)23-8-11-26(36)27(16-23)43-15-5-14-40-43/h5-11,14-16,18-19,28,31H,12-13,17,20-21H2,1-4H3,(H2,39,42)/t28-,35-/m1/s1. The molecule has 1 aliphatic carbocycles. The molecule has 6 rings (SSSR count). The van der Waals surface area contributed by atoms with Crippen molar-refractivity contribution < 1.29 is 23.1 Å². The molecule has 0 bridgehead atoms. The number of nitrogens with two attached hydrogens (primary N) is 1. The maximum absolute atomic E-state index is 14.9. The number of alkyl halides is 2. The highest BCUT2D eigenvalue weighted by Crippen LogP contribution is 2.49. The van der Waals surface area contributed by atoms with E-state index in [1.165, 1.54) is 17.3 Å². The molecule has 0 spiro atoms. The van der Waals surface area contributed by atoms with Gasteiger partial charge in [0.2, 0.25) is 0 Å². The normalized spacial score (nSPS) is 19.5. The maximum Gasteiger partial charge on any atom is 0.333 e. The van der Waals surface area contributed by atoms with E-state index < -0.39 is 18.1 Å². The van der Waals surface area contributed by atoms with Crippen LogP contribution in [0.25, 0.3) is 16.8 Å². The molecule has 3 heterocycles. The summed E-state index contributed by atoms with van der Waals surface area (Å²) in [5.74, 6) is -0.744. The number of amides is 1. The summed E-state index contributed by atoms with van der Waals surface area (Å²) in [6.07, 6.45) is 8.53. The molecule has 48 heavy (non-hydrogen) atoms. The number of rotatable bonds is 11. The molecular weight excluding hydrogens is 640 g/mol. The Hall–Kier alpha value is -4.58. The maximum atomic E-state index is 14.9. The van der Waals surface area contributed by atoms with Crippen molar-refractivity contribution in [2.45, 2.75) is 71.5 Å². The Kier molecular flexibility index (Phi) is 8.65. The fraction of sp³-hybridized carbons (Fsp3) is 0.400. The molecule has 13 heteroatoms. The predicted octanol–water partition coefficient (Wildman–Crippen LogP) is 7.05. The van der Waals surface area contributed by atoms with Gasteiger partial charge in [-0.1, -0.05) is 69.6 Å². The van der Waals surface area contributed by atoms with Gasteiger partial charge in [-0.3, -0.25) is 14.5 Å². The predicted molar refractivity (Wildman–Crippen MR) is 177 cm³/mol. The average molecular weight is 678 g/mol. The molecule has 1 aliphatic heterocycles. The number of benzene rings is 2. The summed E-state index contributed by atoms with van der Waals surface area (Å²) in [6, 6.07) is 13.3. The van der Waals surface area contributed by atoms with Crippen LogP contribution in [0.5, 0.6) is 0 Å². The Morgan fingerprint density at radius 3 is 2.44 bits per heavy atom. The number of guanidine groups is 1. The van der Waals surface area contributed by atoms with Crippen LogP contribution in [0.3, 0.4) is 0 Å². The number of halogens is 3. The third kappa shape index (κ3) is 6.71. The van der Waals surface area contributed by atoms with Gasteiger partial charge in [0, 0.05) is 24.2 Å². The van der Waals surface area contributed by atoms with E-state index in [0.717, 1.165) is 12.8 Å². The Morgan fingerprint density at radius 2 is 1.83 bits per heavy atom. The number of carbonyl (C=O) groups is 2. The number of ether oxygens (including phenoxy) is 1. The number of hydrogen-bond acceptors (Lipinski definition) is 7. The fourth-order valence-electron chi connectivity index (χ4n) is 6.21. The highest BCUT2D eigenvalue weighted by atomic mass is 35.5. The summed E-state index contributed by atoms with van der Waals surface area (Å²) >= 11 is 6.57. The van der Waals surface area contributed by atoms with Crippen LogP contribution in [0.15, 0.2) is 78.3 Å². The van der Waals surface area contributed by atoms with E-state index in [9.17, 15) is 18.4 Å². The van der Waals surface area contributed by atoms with Gasteiger partial charge in [-0.25, -0.2) is 14.4 Å².